The standard InChI is InChI=1S/C18H23NO2.C15H23N/c1-4-16(17(18(20)21)12(2)19-3)15-10-9-13-7-5-6-8-14(13)11-15;1-4-6-7-13(3)12-16-15-10-8-14(5-2)9-11-15/h4-8,15,19H,9-11H2,1-3H3,(H,20,21);5,8-11,13,16H,2,4,6-7,12H2,1,3H3/b16-4-,17-12-;. The molecule has 0 saturated heterocycles. The molecule has 2 aromatic carbocycles. The Hall–Kier alpha value is -3.27. The summed E-state index contributed by atoms with van der Waals surface area (Å²) in [5.41, 5.74) is 7.21. The molecule has 0 amide bonds. The highest BCUT2D eigenvalue weighted by molar-refractivity contribution is 5.92. The average molecular weight is 503 g/mol. The highest BCUT2D eigenvalue weighted by atomic mass is 16.4. The molecule has 0 fully saturated rings. The van der Waals surface area contributed by atoms with Crippen LogP contribution < -0.4 is 10.6 Å². The number of benzene rings is 2. The van der Waals surface area contributed by atoms with E-state index in [0.29, 0.717) is 5.57 Å². The van der Waals surface area contributed by atoms with E-state index in [1.807, 2.05) is 26.0 Å². The van der Waals surface area contributed by atoms with Crippen LogP contribution in [0.2, 0.25) is 0 Å². The van der Waals surface area contributed by atoms with Crippen molar-refractivity contribution < 1.29 is 9.90 Å². The Bertz CT molecular complexity index is 1070. The third-order valence-electron chi connectivity index (χ3n) is 7.20. The van der Waals surface area contributed by atoms with Crippen molar-refractivity contribution in [3.8, 4) is 0 Å². The lowest BCUT2D eigenvalue weighted by Crippen LogP contribution is -2.22. The van der Waals surface area contributed by atoms with E-state index in [9.17, 15) is 9.90 Å². The first kappa shape index (κ1) is 30.0. The van der Waals surface area contributed by atoms with Gasteiger partial charge in [-0.3, -0.25) is 0 Å². The first-order chi connectivity index (χ1) is 17.8. The summed E-state index contributed by atoms with van der Waals surface area (Å²) in [6.07, 6.45) is 10.7. The van der Waals surface area contributed by atoms with Crippen molar-refractivity contribution in [3.05, 3.63) is 94.7 Å². The molecule has 2 atom stereocenters. The zero-order valence-electron chi connectivity index (χ0n) is 23.4. The maximum absolute atomic E-state index is 11.6. The molecule has 0 spiro atoms. The second-order valence-corrected chi connectivity index (χ2v) is 9.96. The van der Waals surface area contributed by atoms with Crippen molar-refractivity contribution in [2.45, 2.75) is 66.2 Å². The molecule has 1 aliphatic rings. The number of rotatable bonds is 11. The van der Waals surface area contributed by atoms with Gasteiger partial charge in [-0.1, -0.05) is 81.8 Å². The monoisotopic (exact) mass is 502 g/mol. The second-order valence-electron chi connectivity index (χ2n) is 9.96. The summed E-state index contributed by atoms with van der Waals surface area (Å²) in [4.78, 5) is 11.6. The van der Waals surface area contributed by atoms with Gasteiger partial charge in [0.15, 0.2) is 0 Å². The molecule has 0 heterocycles. The molecule has 2 aromatic rings. The SMILES string of the molecule is C/C=C(\C(C(=O)O)=C(/C)NC)C1CCc2ccccc2C1.C=Cc1ccc(NCC(C)CCCC)cc1. The van der Waals surface area contributed by atoms with Gasteiger partial charge in [-0.15, -0.1) is 0 Å². The Balaban J connectivity index is 0.000000271. The van der Waals surface area contributed by atoms with Gasteiger partial charge in [0.1, 0.15) is 0 Å². The number of allylic oxidation sites excluding steroid dienone is 2. The van der Waals surface area contributed by atoms with E-state index in [-0.39, 0.29) is 5.92 Å². The number of unbranched alkanes of at least 4 members (excludes halogenated alkanes) is 1. The third kappa shape index (κ3) is 9.27. The van der Waals surface area contributed by atoms with Crippen LogP contribution in [0.5, 0.6) is 0 Å². The highest BCUT2D eigenvalue weighted by Gasteiger charge is 2.27. The fourth-order valence-corrected chi connectivity index (χ4v) is 4.86. The molecule has 0 saturated carbocycles. The summed E-state index contributed by atoms with van der Waals surface area (Å²) in [5.74, 6) is 0.173. The van der Waals surface area contributed by atoms with Crippen molar-refractivity contribution >= 4 is 17.7 Å². The van der Waals surface area contributed by atoms with Crippen LogP contribution in [0.3, 0.4) is 0 Å². The molecule has 200 valence electrons. The van der Waals surface area contributed by atoms with Crippen molar-refractivity contribution in [2.75, 3.05) is 18.9 Å². The van der Waals surface area contributed by atoms with E-state index >= 15 is 0 Å². The van der Waals surface area contributed by atoms with Gasteiger partial charge in [0.05, 0.1) is 5.57 Å². The van der Waals surface area contributed by atoms with Gasteiger partial charge >= 0.3 is 5.97 Å². The molecule has 4 nitrogen and oxygen atoms in total. The largest absolute Gasteiger partial charge is 0.478 e. The van der Waals surface area contributed by atoms with Crippen LogP contribution in [0.15, 0.2) is 78.0 Å². The van der Waals surface area contributed by atoms with Gasteiger partial charge in [-0.05, 0) is 85.8 Å². The van der Waals surface area contributed by atoms with Gasteiger partial charge < -0.3 is 15.7 Å². The maximum Gasteiger partial charge on any atom is 0.337 e. The molecule has 3 N–H and O–H groups in total. The zero-order chi connectivity index (χ0) is 27.2. The minimum atomic E-state index is -0.853. The van der Waals surface area contributed by atoms with E-state index in [0.717, 1.165) is 43.0 Å². The van der Waals surface area contributed by atoms with Crippen molar-refractivity contribution in [3.63, 3.8) is 0 Å². The Labute approximate surface area is 224 Å². The fourth-order valence-electron chi connectivity index (χ4n) is 4.86. The molecular formula is C33H46N2O2. The molecule has 37 heavy (non-hydrogen) atoms. The van der Waals surface area contributed by atoms with Crippen LogP contribution >= 0.6 is 0 Å². The number of anilines is 1. The van der Waals surface area contributed by atoms with Crippen molar-refractivity contribution in [1.82, 2.24) is 5.32 Å². The predicted octanol–water partition coefficient (Wildman–Crippen LogP) is 7.88. The van der Waals surface area contributed by atoms with E-state index < -0.39 is 5.97 Å². The lowest BCUT2D eigenvalue weighted by Gasteiger charge is -2.28. The number of carboxylic acid groups (broad SMARTS) is 1. The zero-order valence-corrected chi connectivity index (χ0v) is 23.4. The summed E-state index contributed by atoms with van der Waals surface area (Å²) >= 11 is 0. The van der Waals surface area contributed by atoms with E-state index in [1.165, 1.54) is 41.6 Å². The molecule has 0 bridgehead atoms. The molecule has 0 aliphatic heterocycles. The highest BCUT2D eigenvalue weighted by Crippen LogP contribution is 2.34. The maximum atomic E-state index is 11.6. The summed E-state index contributed by atoms with van der Waals surface area (Å²) < 4.78 is 0. The van der Waals surface area contributed by atoms with Crippen LogP contribution in [0.4, 0.5) is 5.69 Å². The number of hydrogen-bond donors (Lipinski definition) is 3. The van der Waals surface area contributed by atoms with Crippen LogP contribution in [0.1, 0.15) is 70.1 Å². The van der Waals surface area contributed by atoms with Crippen LogP contribution in [0, 0.1) is 11.8 Å². The summed E-state index contributed by atoms with van der Waals surface area (Å²) in [7, 11) is 1.77. The van der Waals surface area contributed by atoms with Crippen LogP contribution in [0.25, 0.3) is 6.08 Å². The molecular weight excluding hydrogens is 456 g/mol. The lowest BCUT2D eigenvalue weighted by molar-refractivity contribution is -0.132. The quantitative estimate of drug-likeness (QED) is 0.216. The number of nitrogens with one attached hydrogen (secondary N) is 2. The number of aliphatic carboxylic acids is 1. The van der Waals surface area contributed by atoms with Crippen molar-refractivity contribution in [2.24, 2.45) is 11.8 Å². The number of aryl methyl sites for hydroxylation is 1. The fraction of sp³-hybridized carbons (Fsp3) is 0.424. The number of fused-ring (bicyclic) bond motifs is 1. The lowest BCUT2D eigenvalue weighted by atomic mass is 9.77. The molecule has 0 aromatic heterocycles. The minimum absolute atomic E-state index is 0.277. The molecule has 0 radical (unpaired) electrons. The predicted molar refractivity (Wildman–Crippen MR) is 159 cm³/mol. The topological polar surface area (TPSA) is 61.4 Å². The molecule has 2 unspecified atom stereocenters. The van der Waals surface area contributed by atoms with Gasteiger partial charge in [-0.25, -0.2) is 4.79 Å². The average Bonchev–Trinajstić information content (AvgIpc) is 2.93. The van der Waals surface area contributed by atoms with E-state index in [4.69, 9.17) is 0 Å². The third-order valence-corrected chi connectivity index (χ3v) is 7.20. The van der Waals surface area contributed by atoms with Crippen molar-refractivity contribution in [1.29, 1.82) is 0 Å². The van der Waals surface area contributed by atoms with Crippen LogP contribution in [-0.2, 0) is 17.6 Å². The summed E-state index contributed by atoms with van der Waals surface area (Å²) in [6.45, 7) is 13.1. The van der Waals surface area contributed by atoms with Crippen LogP contribution in [-0.4, -0.2) is 24.7 Å². The van der Waals surface area contributed by atoms with Gasteiger partial charge in [0, 0.05) is 25.0 Å². The smallest absolute Gasteiger partial charge is 0.337 e. The number of carbonyl (C=O) groups is 1. The number of carboxylic acids is 1. The Kier molecular flexibility index (Phi) is 12.8. The molecule has 4 heteroatoms. The van der Waals surface area contributed by atoms with E-state index in [1.54, 1.807) is 7.05 Å². The Morgan fingerprint density at radius 2 is 1.84 bits per heavy atom. The summed E-state index contributed by atoms with van der Waals surface area (Å²) in [5, 5.41) is 16.0. The summed E-state index contributed by atoms with van der Waals surface area (Å²) in [6, 6.07) is 16.9. The first-order valence-corrected chi connectivity index (χ1v) is 13.7. The van der Waals surface area contributed by atoms with Gasteiger partial charge in [-0.2, -0.15) is 0 Å². The normalized spacial score (nSPS) is 16.4. The Morgan fingerprint density at radius 3 is 2.41 bits per heavy atom. The molecule has 1 aliphatic carbocycles. The van der Waals surface area contributed by atoms with E-state index in [2.05, 4.69) is 79.6 Å². The Morgan fingerprint density at radius 1 is 1.16 bits per heavy atom. The first-order valence-electron chi connectivity index (χ1n) is 13.7. The van der Waals surface area contributed by atoms with Gasteiger partial charge in [0.25, 0.3) is 0 Å². The van der Waals surface area contributed by atoms with Gasteiger partial charge in [0.2, 0.25) is 0 Å². The number of hydrogen-bond acceptors (Lipinski definition) is 3. The second kappa shape index (κ2) is 15.8. The minimum Gasteiger partial charge on any atom is -0.478 e. The molecule has 3 rings (SSSR count).